The molecule has 0 unspecified atom stereocenters. The molecule has 2 aliphatic heterocycles. The number of ether oxygens (including phenoxy) is 1. The summed E-state index contributed by atoms with van der Waals surface area (Å²) in [5.41, 5.74) is 0.668. The van der Waals surface area contributed by atoms with Crippen molar-refractivity contribution in [2.45, 2.75) is 12.8 Å². The van der Waals surface area contributed by atoms with Crippen LogP contribution in [0.4, 0.5) is 0 Å². The Labute approximate surface area is 87.0 Å². The molecular formula is C11H22N2O. The molecule has 0 aromatic heterocycles. The highest BCUT2D eigenvalue weighted by atomic mass is 16.5. The van der Waals surface area contributed by atoms with E-state index in [9.17, 15) is 0 Å². The Morgan fingerprint density at radius 1 is 1.29 bits per heavy atom. The van der Waals surface area contributed by atoms with Gasteiger partial charge in [-0.1, -0.05) is 0 Å². The molecule has 0 N–H and O–H groups in total. The molecule has 2 rings (SSSR count). The second-order valence-corrected chi connectivity index (χ2v) is 5.04. The molecule has 0 radical (unpaired) electrons. The van der Waals surface area contributed by atoms with Crippen molar-refractivity contribution >= 4 is 0 Å². The second kappa shape index (κ2) is 4.17. The number of methoxy groups -OCH3 is 1. The van der Waals surface area contributed by atoms with E-state index >= 15 is 0 Å². The molecule has 0 amide bonds. The summed E-state index contributed by atoms with van der Waals surface area (Å²) < 4.78 is 5.06. The van der Waals surface area contributed by atoms with Crippen LogP contribution >= 0.6 is 0 Å². The average Bonchev–Trinajstić information content (AvgIpc) is 2.47. The van der Waals surface area contributed by atoms with Crippen molar-refractivity contribution in [3.05, 3.63) is 0 Å². The lowest BCUT2D eigenvalue weighted by molar-refractivity contribution is 0.00512. The lowest BCUT2D eigenvalue weighted by Gasteiger charge is -2.48. The minimum absolute atomic E-state index is 0.668. The van der Waals surface area contributed by atoms with Gasteiger partial charge in [0.15, 0.2) is 0 Å². The fourth-order valence-electron chi connectivity index (χ4n) is 2.91. The fourth-order valence-corrected chi connectivity index (χ4v) is 2.91. The Balaban J connectivity index is 1.64. The zero-order valence-corrected chi connectivity index (χ0v) is 9.46. The standard InChI is InChI=1S/C11H22N2O/c1-12-6-4-11(8-12)9-13(10-11)5-3-7-14-2/h3-10H2,1-2H3. The molecule has 2 aliphatic rings. The number of rotatable bonds is 4. The third kappa shape index (κ3) is 2.10. The van der Waals surface area contributed by atoms with Gasteiger partial charge in [-0.15, -0.1) is 0 Å². The van der Waals surface area contributed by atoms with Gasteiger partial charge < -0.3 is 14.5 Å². The summed E-state index contributed by atoms with van der Waals surface area (Å²) in [4.78, 5) is 5.03. The van der Waals surface area contributed by atoms with Crippen molar-refractivity contribution in [1.29, 1.82) is 0 Å². The van der Waals surface area contributed by atoms with Gasteiger partial charge in [-0.2, -0.15) is 0 Å². The maximum Gasteiger partial charge on any atom is 0.0474 e. The molecule has 2 saturated heterocycles. The minimum atomic E-state index is 0.668. The van der Waals surface area contributed by atoms with Crippen LogP contribution in [0.15, 0.2) is 0 Å². The lowest BCUT2D eigenvalue weighted by Crippen LogP contribution is -2.57. The largest absolute Gasteiger partial charge is 0.385 e. The van der Waals surface area contributed by atoms with Crippen LogP contribution in [-0.4, -0.2) is 63.3 Å². The SMILES string of the molecule is COCCCN1CC2(CCN(C)C2)C1. The van der Waals surface area contributed by atoms with Gasteiger partial charge in [-0.3, -0.25) is 0 Å². The molecule has 3 nitrogen and oxygen atoms in total. The number of nitrogens with zero attached hydrogens (tertiary/aromatic N) is 2. The van der Waals surface area contributed by atoms with E-state index in [0.717, 1.165) is 6.61 Å². The van der Waals surface area contributed by atoms with E-state index in [4.69, 9.17) is 4.74 Å². The summed E-state index contributed by atoms with van der Waals surface area (Å²) in [6.45, 7) is 7.38. The van der Waals surface area contributed by atoms with E-state index in [-0.39, 0.29) is 0 Å². The minimum Gasteiger partial charge on any atom is -0.385 e. The maximum atomic E-state index is 5.06. The topological polar surface area (TPSA) is 15.7 Å². The molecule has 3 heteroatoms. The Morgan fingerprint density at radius 3 is 2.64 bits per heavy atom. The summed E-state index contributed by atoms with van der Waals surface area (Å²) in [7, 11) is 4.02. The second-order valence-electron chi connectivity index (χ2n) is 5.04. The van der Waals surface area contributed by atoms with Gasteiger partial charge in [0.05, 0.1) is 0 Å². The smallest absolute Gasteiger partial charge is 0.0474 e. The van der Waals surface area contributed by atoms with Crippen LogP contribution < -0.4 is 0 Å². The molecule has 14 heavy (non-hydrogen) atoms. The van der Waals surface area contributed by atoms with Crippen molar-refractivity contribution in [3.8, 4) is 0 Å². The highest BCUT2D eigenvalue weighted by Gasteiger charge is 2.45. The van der Waals surface area contributed by atoms with Crippen LogP contribution in [0.1, 0.15) is 12.8 Å². The van der Waals surface area contributed by atoms with Gasteiger partial charge >= 0.3 is 0 Å². The van der Waals surface area contributed by atoms with Gasteiger partial charge in [-0.05, 0) is 26.4 Å². The Kier molecular flexibility index (Phi) is 3.10. The molecule has 1 spiro atoms. The first-order valence-electron chi connectivity index (χ1n) is 5.64. The van der Waals surface area contributed by atoms with Crippen molar-refractivity contribution in [2.24, 2.45) is 5.41 Å². The molecule has 2 heterocycles. The van der Waals surface area contributed by atoms with Gasteiger partial charge in [0.2, 0.25) is 0 Å². The summed E-state index contributed by atoms with van der Waals surface area (Å²) in [5.74, 6) is 0. The van der Waals surface area contributed by atoms with Crippen molar-refractivity contribution < 1.29 is 4.74 Å². The van der Waals surface area contributed by atoms with E-state index in [1.165, 1.54) is 45.6 Å². The molecule has 0 aliphatic carbocycles. The van der Waals surface area contributed by atoms with Gasteiger partial charge in [-0.25, -0.2) is 0 Å². The van der Waals surface area contributed by atoms with Crippen LogP contribution in [0.25, 0.3) is 0 Å². The van der Waals surface area contributed by atoms with E-state index < -0.39 is 0 Å². The molecule has 0 aromatic carbocycles. The lowest BCUT2D eigenvalue weighted by atomic mass is 9.79. The van der Waals surface area contributed by atoms with Crippen molar-refractivity contribution in [2.75, 3.05) is 53.5 Å². The first kappa shape index (κ1) is 10.4. The van der Waals surface area contributed by atoms with E-state index in [0.29, 0.717) is 5.41 Å². The van der Waals surface area contributed by atoms with Crippen LogP contribution in [0, 0.1) is 5.41 Å². The first-order valence-corrected chi connectivity index (χ1v) is 5.64. The Morgan fingerprint density at radius 2 is 2.07 bits per heavy atom. The highest BCUT2D eigenvalue weighted by molar-refractivity contribution is 5.00. The predicted octanol–water partition coefficient (Wildman–Crippen LogP) is 0.660. The highest BCUT2D eigenvalue weighted by Crippen LogP contribution is 2.38. The van der Waals surface area contributed by atoms with Gasteiger partial charge in [0, 0.05) is 45.3 Å². The average molecular weight is 198 g/mol. The molecule has 0 bridgehead atoms. The number of hydrogen-bond donors (Lipinski definition) is 0. The quantitative estimate of drug-likeness (QED) is 0.617. The van der Waals surface area contributed by atoms with E-state index in [1.54, 1.807) is 7.11 Å². The molecule has 2 fully saturated rings. The Hall–Kier alpha value is -0.120. The fraction of sp³-hybridized carbons (Fsp3) is 1.00. The third-order valence-corrected chi connectivity index (χ3v) is 3.57. The zero-order valence-electron chi connectivity index (χ0n) is 9.46. The summed E-state index contributed by atoms with van der Waals surface area (Å²) in [6, 6.07) is 0. The van der Waals surface area contributed by atoms with Crippen LogP contribution in [0.3, 0.4) is 0 Å². The van der Waals surface area contributed by atoms with Crippen LogP contribution in [-0.2, 0) is 4.74 Å². The number of hydrogen-bond acceptors (Lipinski definition) is 3. The third-order valence-electron chi connectivity index (χ3n) is 3.57. The first-order chi connectivity index (χ1) is 6.74. The molecule has 82 valence electrons. The molecular weight excluding hydrogens is 176 g/mol. The molecule has 0 saturated carbocycles. The Bertz CT molecular complexity index is 190. The van der Waals surface area contributed by atoms with Crippen LogP contribution in [0.2, 0.25) is 0 Å². The van der Waals surface area contributed by atoms with E-state index in [1.807, 2.05) is 0 Å². The van der Waals surface area contributed by atoms with Crippen molar-refractivity contribution in [1.82, 2.24) is 9.80 Å². The maximum absolute atomic E-state index is 5.06. The van der Waals surface area contributed by atoms with E-state index in [2.05, 4.69) is 16.8 Å². The predicted molar refractivity (Wildman–Crippen MR) is 57.5 cm³/mol. The zero-order chi connectivity index (χ0) is 10.0. The number of likely N-dealkylation sites (tertiary alicyclic amines) is 2. The summed E-state index contributed by atoms with van der Waals surface area (Å²) in [6.07, 6.45) is 2.59. The molecule has 0 aromatic rings. The van der Waals surface area contributed by atoms with Gasteiger partial charge in [0.1, 0.15) is 0 Å². The van der Waals surface area contributed by atoms with Crippen molar-refractivity contribution in [3.63, 3.8) is 0 Å². The monoisotopic (exact) mass is 198 g/mol. The summed E-state index contributed by atoms with van der Waals surface area (Å²) >= 11 is 0. The molecule has 0 atom stereocenters. The van der Waals surface area contributed by atoms with Crippen LogP contribution in [0.5, 0.6) is 0 Å². The van der Waals surface area contributed by atoms with Gasteiger partial charge in [0.25, 0.3) is 0 Å². The normalized spacial score (nSPS) is 27.0. The summed E-state index contributed by atoms with van der Waals surface area (Å²) in [5, 5.41) is 0.